The maximum absolute atomic E-state index is 13.2. The second-order valence-corrected chi connectivity index (χ2v) is 8.57. The highest BCUT2D eigenvalue weighted by Gasteiger charge is 2.28. The summed E-state index contributed by atoms with van der Waals surface area (Å²) in [7, 11) is 0. The molecule has 0 spiro atoms. The molecule has 0 bridgehead atoms. The van der Waals surface area contributed by atoms with Crippen LogP contribution >= 0.6 is 0 Å². The number of carbonyl (C=O) groups excluding carboxylic acids is 4. The van der Waals surface area contributed by atoms with Crippen molar-refractivity contribution in [1.29, 1.82) is 0 Å². The first kappa shape index (κ1) is 27.9. The molecule has 0 fully saturated rings. The minimum atomic E-state index is -1.02. The summed E-state index contributed by atoms with van der Waals surface area (Å²) in [6, 6.07) is 16.2. The molecule has 0 radical (unpaired) electrons. The van der Waals surface area contributed by atoms with Crippen molar-refractivity contribution in [3.05, 3.63) is 77.3 Å². The van der Waals surface area contributed by atoms with E-state index in [0.717, 1.165) is 11.1 Å². The summed E-state index contributed by atoms with van der Waals surface area (Å²) in [5.74, 6) is -1.70. The second-order valence-electron chi connectivity index (χ2n) is 8.57. The van der Waals surface area contributed by atoms with Crippen LogP contribution in [0, 0.1) is 5.92 Å². The van der Waals surface area contributed by atoms with E-state index in [0.29, 0.717) is 12.6 Å². The molecule has 0 aliphatic rings. The average molecular weight is 494 g/mol. The van der Waals surface area contributed by atoms with E-state index in [-0.39, 0.29) is 18.9 Å². The van der Waals surface area contributed by atoms with Crippen LogP contribution in [0.1, 0.15) is 31.4 Å². The molecule has 3 amide bonds. The van der Waals surface area contributed by atoms with Gasteiger partial charge in [-0.1, -0.05) is 74.5 Å². The molecule has 0 aliphatic carbocycles. The number of ketones is 1. The Hall–Kier alpha value is -4.30. The van der Waals surface area contributed by atoms with Crippen LogP contribution in [-0.4, -0.2) is 53.3 Å². The lowest BCUT2D eigenvalue weighted by molar-refractivity contribution is -0.130. The van der Waals surface area contributed by atoms with Crippen molar-refractivity contribution in [2.45, 2.75) is 45.4 Å². The number of hydrogen-bond donors (Lipinski definition) is 3. The summed E-state index contributed by atoms with van der Waals surface area (Å²) in [6.45, 7) is 3.45. The van der Waals surface area contributed by atoms with E-state index in [2.05, 4.69) is 20.7 Å². The first-order chi connectivity index (χ1) is 17.3. The zero-order valence-corrected chi connectivity index (χ0v) is 20.3. The number of nitrogens with one attached hydrogen (secondary N) is 3. The van der Waals surface area contributed by atoms with Crippen molar-refractivity contribution in [2.75, 3.05) is 6.54 Å². The predicted molar refractivity (Wildman–Crippen MR) is 133 cm³/mol. The van der Waals surface area contributed by atoms with Crippen LogP contribution < -0.4 is 16.0 Å². The Bertz CT molecular complexity index is 1070. The van der Waals surface area contributed by atoms with Gasteiger partial charge in [-0.15, -0.1) is 0 Å². The maximum Gasteiger partial charge on any atom is 0.408 e. The summed E-state index contributed by atoms with van der Waals surface area (Å²) < 4.78 is 5.25. The van der Waals surface area contributed by atoms with E-state index in [4.69, 9.17) is 10.3 Å². The van der Waals surface area contributed by atoms with Gasteiger partial charge in [-0.3, -0.25) is 14.4 Å². The standard InChI is InChI=1S/C26H31N5O5/c1-18(2)13-22(31-26(35)36-17-20-11-7-4-8-12-20)25(34)30-23(14-19-9-5-3-6-10-19)24(33)28-15-21(32)16-29-27/h3-12,16,18,22-23H,13-15,17H2,1-2H3,(H,28,33)(H,30,34)(H,31,35)/t22-,23-/m0/s1. The molecule has 0 aliphatic heterocycles. The highest BCUT2D eigenvalue weighted by atomic mass is 16.5. The van der Waals surface area contributed by atoms with Gasteiger partial charge in [0.1, 0.15) is 18.7 Å². The van der Waals surface area contributed by atoms with Gasteiger partial charge in [0, 0.05) is 6.42 Å². The minimum absolute atomic E-state index is 0.0485. The van der Waals surface area contributed by atoms with Gasteiger partial charge in [0.25, 0.3) is 5.78 Å². The van der Waals surface area contributed by atoms with E-state index in [9.17, 15) is 19.2 Å². The predicted octanol–water partition coefficient (Wildman–Crippen LogP) is 2.04. The minimum Gasteiger partial charge on any atom is -0.445 e. The number of amides is 3. The largest absolute Gasteiger partial charge is 0.445 e. The molecule has 10 nitrogen and oxygen atoms in total. The number of ether oxygens (including phenoxy) is 1. The van der Waals surface area contributed by atoms with Crippen molar-refractivity contribution in [1.82, 2.24) is 16.0 Å². The monoisotopic (exact) mass is 493 g/mol. The molecular formula is C26H31N5O5. The number of Topliss-reactive ketones (excluding diaryl/α,β-unsaturated/α-hetero) is 1. The summed E-state index contributed by atoms with van der Waals surface area (Å²) >= 11 is 0. The van der Waals surface area contributed by atoms with Crippen molar-refractivity contribution < 1.29 is 28.7 Å². The van der Waals surface area contributed by atoms with Crippen LogP contribution in [0.3, 0.4) is 0 Å². The fraction of sp³-hybridized carbons (Fsp3) is 0.346. The fourth-order valence-electron chi connectivity index (χ4n) is 3.35. The molecule has 0 aromatic heterocycles. The van der Waals surface area contributed by atoms with Gasteiger partial charge in [0.2, 0.25) is 11.8 Å². The van der Waals surface area contributed by atoms with Gasteiger partial charge >= 0.3 is 12.3 Å². The molecule has 190 valence electrons. The van der Waals surface area contributed by atoms with Gasteiger partial charge in [-0.05, 0) is 23.5 Å². The van der Waals surface area contributed by atoms with Gasteiger partial charge in [-0.25, -0.2) is 4.79 Å². The quantitative estimate of drug-likeness (QED) is 0.222. The molecule has 0 saturated heterocycles. The zero-order valence-electron chi connectivity index (χ0n) is 20.3. The molecule has 3 N–H and O–H groups in total. The SMILES string of the molecule is CC(C)C[C@H](NC(=O)OCc1ccccc1)C(=O)N[C@@H](Cc1ccccc1)C(=O)NCC(=O)C=[N+]=[N-]. The third-order valence-electron chi connectivity index (χ3n) is 5.08. The van der Waals surface area contributed by atoms with Crippen LogP contribution in [0.2, 0.25) is 0 Å². The molecule has 10 heteroatoms. The molecule has 2 atom stereocenters. The molecule has 2 aromatic carbocycles. The van der Waals surface area contributed by atoms with Gasteiger partial charge < -0.3 is 26.2 Å². The highest BCUT2D eigenvalue weighted by Crippen LogP contribution is 2.09. The maximum atomic E-state index is 13.2. The van der Waals surface area contributed by atoms with Crippen molar-refractivity contribution in [3.63, 3.8) is 0 Å². The highest BCUT2D eigenvalue weighted by molar-refractivity contribution is 6.26. The Kier molecular flexibility index (Phi) is 11.5. The lowest BCUT2D eigenvalue weighted by atomic mass is 10.0. The lowest BCUT2D eigenvalue weighted by Crippen LogP contribution is -2.55. The van der Waals surface area contributed by atoms with Crippen LogP contribution in [0.15, 0.2) is 60.7 Å². The van der Waals surface area contributed by atoms with Crippen molar-refractivity contribution in [2.24, 2.45) is 5.92 Å². The average Bonchev–Trinajstić information content (AvgIpc) is 2.86. The van der Waals surface area contributed by atoms with Gasteiger partial charge in [0.15, 0.2) is 0 Å². The number of benzene rings is 2. The molecule has 0 saturated carbocycles. The Balaban J connectivity index is 2.09. The topological polar surface area (TPSA) is 150 Å². The third-order valence-corrected chi connectivity index (χ3v) is 5.08. The van der Waals surface area contributed by atoms with E-state index < -0.39 is 42.3 Å². The Morgan fingerprint density at radius 1 is 0.889 bits per heavy atom. The van der Waals surface area contributed by atoms with Crippen molar-refractivity contribution >= 4 is 29.9 Å². The first-order valence-electron chi connectivity index (χ1n) is 11.6. The normalized spacial score (nSPS) is 12.0. The van der Waals surface area contributed by atoms with Crippen LogP contribution in [-0.2, 0) is 32.1 Å². The zero-order chi connectivity index (χ0) is 26.3. The van der Waals surface area contributed by atoms with Crippen LogP contribution in [0.4, 0.5) is 4.79 Å². The van der Waals surface area contributed by atoms with E-state index in [1.807, 2.05) is 50.2 Å². The Morgan fingerprint density at radius 3 is 2.08 bits per heavy atom. The first-order valence-corrected chi connectivity index (χ1v) is 11.6. The molecule has 0 unspecified atom stereocenters. The summed E-state index contributed by atoms with van der Waals surface area (Å²) in [5, 5.41) is 7.71. The smallest absolute Gasteiger partial charge is 0.408 e. The number of rotatable bonds is 13. The molecule has 2 aromatic rings. The number of carbonyl (C=O) groups is 4. The van der Waals surface area contributed by atoms with Crippen LogP contribution in [0.5, 0.6) is 0 Å². The molecular weight excluding hydrogens is 462 g/mol. The van der Waals surface area contributed by atoms with Crippen LogP contribution in [0.25, 0.3) is 5.53 Å². The second kappa shape index (κ2) is 14.9. The lowest BCUT2D eigenvalue weighted by Gasteiger charge is -2.24. The molecule has 2 rings (SSSR count). The summed E-state index contributed by atoms with van der Waals surface area (Å²) in [5.41, 5.74) is 10.1. The molecule has 36 heavy (non-hydrogen) atoms. The summed E-state index contributed by atoms with van der Waals surface area (Å²) in [4.78, 5) is 52.6. The summed E-state index contributed by atoms with van der Waals surface area (Å²) in [6.07, 6.45) is 0.400. The Labute approximate surface area is 210 Å². The number of hydrogen-bond acceptors (Lipinski definition) is 5. The fourth-order valence-corrected chi connectivity index (χ4v) is 3.35. The van der Waals surface area contributed by atoms with E-state index in [1.165, 1.54) is 0 Å². The third kappa shape index (κ3) is 10.3. The Morgan fingerprint density at radius 2 is 1.50 bits per heavy atom. The van der Waals surface area contributed by atoms with Gasteiger partial charge in [0.05, 0.1) is 6.54 Å². The molecule has 0 heterocycles. The number of alkyl carbamates (subject to hydrolysis) is 1. The van der Waals surface area contributed by atoms with E-state index >= 15 is 0 Å². The van der Waals surface area contributed by atoms with Gasteiger partial charge in [-0.2, -0.15) is 4.79 Å². The van der Waals surface area contributed by atoms with E-state index in [1.54, 1.807) is 24.3 Å². The number of nitrogens with zero attached hydrogens (tertiary/aromatic N) is 2. The van der Waals surface area contributed by atoms with Crippen molar-refractivity contribution in [3.8, 4) is 0 Å².